The van der Waals surface area contributed by atoms with Gasteiger partial charge in [-0.2, -0.15) is 11.8 Å². The monoisotopic (exact) mass is 460 g/mol. The average molecular weight is 461 g/mol. The quantitative estimate of drug-likeness (QED) is 0.418. The maximum atomic E-state index is 13.0. The first kappa shape index (κ1) is 25.7. The summed E-state index contributed by atoms with van der Waals surface area (Å²) in [5.41, 5.74) is 1.99. The standard InChI is InChI=1S/C24H32N2O5S/c1-4-30-13-14-31-17-18-8-7-9-19(16-18)25-24(28)21(12-15-32-3)26-23(27)20-10-5-6-11-22(20)29-2/h5-11,16,21H,4,12-15,17H2,1-3H3,(H,25,28)(H,26,27). The van der Waals surface area contributed by atoms with E-state index in [1.807, 2.05) is 37.4 Å². The molecule has 2 amide bonds. The molecule has 2 N–H and O–H groups in total. The van der Waals surface area contributed by atoms with E-state index in [-0.39, 0.29) is 11.8 Å². The highest BCUT2D eigenvalue weighted by molar-refractivity contribution is 7.98. The van der Waals surface area contributed by atoms with Crippen LogP contribution in [-0.2, 0) is 20.9 Å². The highest BCUT2D eigenvalue weighted by atomic mass is 32.2. The number of ether oxygens (including phenoxy) is 3. The van der Waals surface area contributed by atoms with Gasteiger partial charge in [0.2, 0.25) is 5.91 Å². The molecule has 0 fully saturated rings. The van der Waals surface area contributed by atoms with Crippen LogP contribution in [0.1, 0.15) is 29.3 Å². The van der Waals surface area contributed by atoms with Gasteiger partial charge in [0.15, 0.2) is 0 Å². The van der Waals surface area contributed by atoms with E-state index < -0.39 is 6.04 Å². The number of hydrogen-bond acceptors (Lipinski definition) is 6. The van der Waals surface area contributed by atoms with Crippen LogP contribution >= 0.6 is 11.8 Å². The van der Waals surface area contributed by atoms with Crippen LogP contribution in [0.15, 0.2) is 48.5 Å². The lowest BCUT2D eigenvalue weighted by Crippen LogP contribution is -2.44. The Bertz CT molecular complexity index is 862. The van der Waals surface area contributed by atoms with Crippen LogP contribution in [0.25, 0.3) is 0 Å². The number of thioether (sulfide) groups is 1. The molecule has 0 bridgehead atoms. The summed E-state index contributed by atoms with van der Waals surface area (Å²) in [5.74, 6) is 0.584. The zero-order chi connectivity index (χ0) is 23.2. The average Bonchev–Trinajstić information content (AvgIpc) is 2.81. The zero-order valence-corrected chi connectivity index (χ0v) is 19.7. The van der Waals surface area contributed by atoms with E-state index in [9.17, 15) is 9.59 Å². The first-order valence-electron chi connectivity index (χ1n) is 10.6. The van der Waals surface area contributed by atoms with Crippen LogP contribution in [-0.4, -0.2) is 56.8 Å². The summed E-state index contributed by atoms with van der Waals surface area (Å²) in [6, 6.07) is 13.7. The van der Waals surface area contributed by atoms with Crippen LogP contribution in [0.3, 0.4) is 0 Å². The Hall–Kier alpha value is -2.55. The van der Waals surface area contributed by atoms with Crippen molar-refractivity contribution in [3.8, 4) is 5.75 Å². The molecule has 0 heterocycles. The van der Waals surface area contributed by atoms with Crippen LogP contribution in [0, 0.1) is 0 Å². The number of methoxy groups -OCH3 is 1. The van der Waals surface area contributed by atoms with Crippen LogP contribution < -0.4 is 15.4 Å². The third kappa shape index (κ3) is 8.53. The van der Waals surface area contributed by atoms with Crippen molar-refractivity contribution in [1.82, 2.24) is 5.32 Å². The minimum Gasteiger partial charge on any atom is -0.496 e. The number of carbonyl (C=O) groups excluding carboxylic acids is 2. The van der Waals surface area contributed by atoms with Crippen molar-refractivity contribution in [2.24, 2.45) is 0 Å². The number of carbonyl (C=O) groups is 2. The molecule has 8 heteroatoms. The van der Waals surface area contributed by atoms with Crippen LogP contribution in [0.2, 0.25) is 0 Å². The summed E-state index contributed by atoms with van der Waals surface area (Å²) in [4.78, 5) is 25.8. The SMILES string of the molecule is CCOCCOCc1cccc(NC(=O)C(CCSC)NC(=O)c2ccccc2OC)c1. The van der Waals surface area contributed by atoms with Crippen molar-refractivity contribution >= 4 is 29.3 Å². The number of rotatable bonds is 14. The topological polar surface area (TPSA) is 85.9 Å². The molecule has 0 saturated carbocycles. The number of para-hydroxylation sites is 1. The first-order valence-corrected chi connectivity index (χ1v) is 12.0. The Morgan fingerprint density at radius 1 is 1.06 bits per heavy atom. The molecule has 0 aliphatic carbocycles. The normalized spacial score (nSPS) is 11.6. The molecular weight excluding hydrogens is 428 g/mol. The summed E-state index contributed by atoms with van der Waals surface area (Å²) in [7, 11) is 1.51. The van der Waals surface area contributed by atoms with Crippen molar-refractivity contribution in [2.45, 2.75) is 26.0 Å². The fourth-order valence-corrected chi connectivity index (χ4v) is 3.46. The maximum absolute atomic E-state index is 13.0. The Labute approximate surface area is 194 Å². The second kappa shape index (κ2) is 14.5. The number of anilines is 1. The molecule has 1 unspecified atom stereocenters. The third-order valence-corrected chi connectivity index (χ3v) is 5.27. The minimum absolute atomic E-state index is 0.267. The first-order chi connectivity index (χ1) is 15.6. The van der Waals surface area contributed by atoms with E-state index in [1.54, 1.807) is 36.0 Å². The predicted molar refractivity (Wildman–Crippen MR) is 128 cm³/mol. The van der Waals surface area contributed by atoms with Gasteiger partial charge >= 0.3 is 0 Å². The highest BCUT2D eigenvalue weighted by Crippen LogP contribution is 2.18. The number of nitrogens with one attached hydrogen (secondary N) is 2. The molecule has 2 aromatic rings. The smallest absolute Gasteiger partial charge is 0.255 e. The van der Waals surface area contributed by atoms with E-state index in [2.05, 4.69) is 10.6 Å². The Kier molecular flexibility index (Phi) is 11.6. The van der Waals surface area contributed by atoms with Gasteiger partial charge < -0.3 is 24.8 Å². The predicted octanol–water partition coefficient (Wildman–Crippen LogP) is 3.74. The van der Waals surface area contributed by atoms with Gasteiger partial charge in [0.1, 0.15) is 11.8 Å². The third-order valence-electron chi connectivity index (χ3n) is 4.62. The minimum atomic E-state index is -0.675. The van der Waals surface area contributed by atoms with Crippen LogP contribution in [0.4, 0.5) is 5.69 Å². The van der Waals surface area contributed by atoms with Crippen molar-refractivity contribution in [3.05, 3.63) is 59.7 Å². The second-order valence-corrected chi connectivity index (χ2v) is 7.93. The molecule has 1 atom stereocenters. The van der Waals surface area contributed by atoms with E-state index in [0.717, 1.165) is 11.3 Å². The lowest BCUT2D eigenvalue weighted by Gasteiger charge is -2.19. The van der Waals surface area contributed by atoms with Crippen molar-refractivity contribution < 1.29 is 23.8 Å². The van der Waals surface area contributed by atoms with E-state index >= 15 is 0 Å². The van der Waals surface area contributed by atoms with Gasteiger partial charge in [-0.25, -0.2) is 0 Å². The molecule has 0 saturated heterocycles. The summed E-state index contributed by atoms with van der Waals surface area (Å²) >= 11 is 1.62. The van der Waals surface area contributed by atoms with E-state index in [4.69, 9.17) is 14.2 Å². The Morgan fingerprint density at radius 3 is 2.59 bits per heavy atom. The molecule has 2 rings (SSSR count). The van der Waals surface area contributed by atoms with Gasteiger partial charge in [-0.05, 0) is 55.2 Å². The fraction of sp³-hybridized carbons (Fsp3) is 0.417. The van der Waals surface area contributed by atoms with Crippen LogP contribution in [0.5, 0.6) is 5.75 Å². The van der Waals surface area contributed by atoms with Gasteiger partial charge in [0.25, 0.3) is 5.91 Å². The molecule has 2 aromatic carbocycles. The molecule has 0 aliphatic rings. The lowest BCUT2D eigenvalue weighted by molar-refractivity contribution is -0.118. The molecule has 0 aliphatic heterocycles. The Morgan fingerprint density at radius 2 is 1.84 bits per heavy atom. The molecule has 7 nitrogen and oxygen atoms in total. The Balaban J connectivity index is 2.01. The fourth-order valence-electron chi connectivity index (χ4n) is 2.99. The van der Waals surface area contributed by atoms with Gasteiger partial charge in [-0.1, -0.05) is 24.3 Å². The molecule has 0 radical (unpaired) electrons. The van der Waals surface area contributed by atoms with Crippen molar-refractivity contribution in [1.29, 1.82) is 0 Å². The molecule has 0 spiro atoms. The van der Waals surface area contributed by atoms with Crippen molar-refractivity contribution in [2.75, 3.05) is 44.3 Å². The van der Waals surface area contributed by atoms with Gasteiger partial charge in [-0.3, -0.25) is 9.59 Å². The summed E-state index contributed by atoms with van der Waals surface area (Å²) in [6.45, 7) is 4.09. The van der Waals surface area contributed by atoms with Gasteiger partial charge in [0, 0.05) is 12.3 Å². The second-order valence-electron chi connectivity index (χ2n) is 6.95. The van der Waals surface area contributed by atoms with Gasteiger partial charge in [-0.15, -0.1) is 0 Å². The molecule has 174 valence electrons. The lowest BCUT2D eigenvalue weighted by atomic mass is 10.1. The summed E-state index contributed by atoms with van der Waals surface area (Å²) < 4.78 is 16.1. The summed E-state index contributed by atoms with van der Waals surface area (Å²) in [6.07, 6.45) is 2.47. The number of amides is 2. The number of benzene rings is 2. The summed E-state index contributed by atoms with van der Waals surface area (Å²) in [5, 5.41) is 5.76. The number of hydrogen-bond donors (Lipinski definition) is 2. The highest BCUT2D eigenvalue weighted by Gasteiger charge is 2.23. The van der Waals surface area contributed by atoms with E-state index in [1.165, 1.54) is 7.11 Å². The van der Waals surface area contributed by atoms with E-state index in [0.29, 0.717) is 49.8 Å². The molecule has 0 aromatic heterocycles. The largest absolute Gasteiger partial charge is 0.496 e. The molecule has 32 heavy (non-hydrogen) atoms. The van der Waals surface area contributed by atoms with Crippen molar-refractivity contribution in [3.63, 3.8) is 0 Å². The van der Waals surface area contributed by atoms with Gasteiger partial charge in [0.05, 0.1) is 32.5 Å². The maximum Gasteiger partial charge on any atom is 0.255 e. The molecular formula is C24H32N2O5S. The zero-order valence-electron chi connectivity index (χ0n) is 18.9.